The van der Waals surface area contributed by atoms with E-state index in [1.54, 1.807) is 6.07 Å². The topological polar surface area (TPSA) is 82.0 Å². The van der Waals surface area contributed by atoms with Gasteiger partial charge in [0.05, 0.1) is 4.90 Å². The number of ether oxygens (including phenoxy) is 1. The van der Waals surface area contributed by atoms with E-state index in [0.29, 0.717) is 17.5 Å². The molecule has 0 radical (unpaired) electrons. The van der Waals surface area contributed by atoms with Crippen LogP contribution in [0.15, 0.2) is 35.2 Å². The number of carbonyl (C=O) groups excluding carboxylic acids is 1. The Morgan fingerprint density at radius 2 is 1.87 bits per heavy atom. The quantitative estimate of drug-likeness (QED) is 0.538. The molecule has 3 N–H and O–H groups in total. The number of rotatable bonds is 5. The lowest BCUT2D eigenvalue weighted by molar-refractivity contribution is -0.136. The maximum atomic E-state index is 12.7. The van der Waals surface area contributed by atoms with Crippen LogP contribution in [0.4, 0.5) is 5.69 Å². The van der Waals surface area contributed by atoms with E-state index in [1.165, 1.54) is 37.3 Å². The van der Waals surface area contributed by atoms with E-state index in [1.807, 2.05) is 36.9 Å². The standard InChI is InChI=1S/C24H30N2O4S/c1-15(2)19-11-23(21(28)12-20(19)27)31-25-17-9-8-16-13-26(18-6-4-3-5-7-18)24(29)14-30-22(16)10-17/h8-12,15,18,25,27-28H,3-7,13-14H2,1-2H3. The van der Waals surface area contributed by atoms with Crippen molar-refractivity contribution in [2.24, 2.45) is 0 Å². The molecule has 0 spiro atoms. The highest BCUT2D eigenvalue weighted by molar-refractivity contribution is 8.00. The molecule has 31 heavy (non-hydrogen) atoms. The number of hydrogen-bond donors (Lipinski definition) is 3. The number of anilines is 1. The molecule has 2 aromatic rings. The Morgan fingerprint density at radius 1 is 1.10 bits per heavy atom. The number of nitrogens with one attached hydrogen (secondary N) is 1. The highest BCUT2D eigenvalue weighted by atomic mass is 32.2. The molecular weight excluding hydrogens is 412 g/mol. The Labute approximate surface area is 187 Å². The number of nitrogens with zero attached hydrogens (tertiary/aromatic N) is 1. The molecule has 0 atom stereocenters. The van der Waals surface area contributed by atoms with Crippen LogP contribution >= 0.6 is 11.9 Å². The summed E-state index contributed by atoms with van der Waals surface area (Å²) >= 11 is 1.28. The van der Waals surface area contributed by atoms with Crippen molar-refractivity contribution in [3.8, 4) is 17.2 Å². The molecule has 0 bridgehead atoms. The van der Waals surface area contributed by atoms with E-state index in [4.69, 9.17) is 4.74 Å². The van der Waals surface area contributed by atoms with Gasteiger partial charge in [0.25, 0.3) is 5.91 Å². The van der Waals surface area contributed by atoms with Crippen LogP contribution in [0.3, 0.4) is 0 Å². The molecule has 1 heterocycles. The summed E-state index contributed by atoms with van der Waals surface area (Å²) in [7, 11) is 0. The van der Waals surface area contributed by atoms with Gasteiger partial charge in [-0.15, -0.1) is 0 Å². The van der Waals surface area contributed by atoms with Crippen LogP contribution in [-0.2, 0) is 11.3 Å². The van der Waals surface area contributed by atoms with Crippen molar-refractivity contribution in [2.45, 2.75) is 69.4 Å². The van der Waals surface area contributed by atoms with Gasteiger partial charge in [-0.05, 0) is 48.4 Å². The number of hydrogen-bond acceptors (Lipinski definition) is 6. The predicted octanol–water partition coefficient (Wildman–Crippen LogP) is 5.39. The number of fused-ring (bicyclic) bond motifs is 1. The van der Waals surface area contributed by atoms with Crippen LogP contribution in [0.2, 0.25) is 0 Å². The summed E-state index contributed by atoms with van der Waals surface area (Å²) in [5.74, 6) is 1.05. The predicted molar refractivity (Wildman–Crippen MR) is 123 cm³/mol. The highest BCUT2D eigenvalue weighted by Gasteiger charge is 2.29. The second kappa shape index (κ2) is 9.30. The largest absolute Gasteiger partial charge is 0.508 e. The minimum absolute atomic E-state index is 0.0270. The lowest BCUT2D eigenvalue weighted by atomic mass is 9.94. The van der Waals surface area contributed by atoms with Gasteiger partial charge in [-0.2, -0.15) is 0 Å². The Morgan fingerprint density at radius 3 is 2.61 bits per heavy atom. The molecule has 2 aromatic carbocycles. The molecule has 7 heteroatoms. The number of amides is 1. The fraction of sp³-hybridized carbons (Fsp3) is 0.458. The first kappa shape index (κ1) is 21.7. The summed E-state index contributed by atoms with van der Waals surface area (Å²) in [6, 6.07) is 9.37. The summed E-state index contributed by atoms with van der Waals surface area (Å²) < 4.78 is 9.08. The van der Waals surface area contributed by atoms with Crippen molar-refractivity contribution < 1.29 is 19.7 Å². The SMILES string of the molecule is CC(C)c1cc(SNc2ccc3c(c2)OCC(=O)N(C2CCCCC2)C3)c(O)cc1O. The van der Waals surface area contributed by atoms with Gasteiger partial charge in [-0.1, -0.05) is 39.2 Å². The van der Waals surface area contributed by atoms with E-state index in [2.05, 4.69) is 4.72 Å². The van der Waals surface area contributed by atoms with E-state index < -0.39 is 0 Å². The molecule has 0 unspecified atom stereocenters. The monoisotopic (exact) mass is 442 g/mol. The average molecular weight is 443 g/mol. The van der Waals surface area contributed by atoms with Crippen LogP contribution in [0, 0.1) is 0 Å². The molecule has 1 aliphatic carbocycles. The van der Waals surface area contributed by atoms with Gasteiger partial charge < -0.3 is 24.6 Å². The Kier molecular flexibility index (Phi) is 6.51. The third-order valence-electron chi connectivity index (χ3n) is 6.10. The molecular formula is C24H30N2O4S. The molecule has 166 valence electrons. The minimum Gasteiger partial charge on any atom is -0.508 e. The number of phenolic OH excluding ortho intramolecular Hbond substituents is 2. The van der Waals surface area contributed by atoms with E-state index in [0.717, 1.165) is 35.4 Å². The van der Waals surface area contributed by atoms with Gasteiger partial charge in [-0.25, -0.2) is 0 Å². The fourth-order valence-electron chi connectivity index (χ4n) is 4.33. The Balaban J connectivity index is 1.48. The molecule has 6 nitrogen and oxygen atoms in total. The third kappa shape index (κ3) is 4.87. The zero-order chi connectivity index (χ0) is 22.0. The van der Waals surface area contributed by atoms with Crippen LogP contribution in [0.5, 0.6) is 17.2 Å². The maximum Gasteiger partial charge on any atom is 0.261 e. The van der Waals surface area contributed by atoms with Gasteiger partial charge in [0.2, 0.25) is 0 Å². The summed E-state index contributed by atoms with van der Waals surface area (Å²) in [5.41, 5.74) is 2.62. The number of carbonyl (C=O) groups is 1. The van der Waals surface area contributed by atoms with Crippen molar-refractivity contribution in [3.05, 3.63) is 41.5 Å². The first-order chi connectivity index (χ1) is 14.9. The number of phenols is 2. The smallest absolute Gasteiger partial charge is 0.261 e. The van der Waals surface area contributed by atoms with Gasteiger partial charge in [0.1, 0.15) is 17.2 Å². The van der Waals surface area contributed by atoms with E-state index in [9.17, 15) is 15.0 Å². The van der Waals surface area contributed by atoms with Gasteiger partial charge in [0, 0.05) is 36.0 Å². The Bertz CT molecular complexity index is 957. The molecule has 4 rings (SSSR count). The molecule has 1 fully saturated rings. The second-order valence-corrected chi connectivity index (χ2v) is 9.51. The Hall–Kier alpha value is -2.54. The number of benzene rings is 2. The molecule has 1 aliphatic heterocycles. The molecule has 0 aromatic heterocycles. The number of aromatic hydroxyl groups is 2. The van der Waals surface area contributed by atoms with Gasteiger partial charge in [-0.3, -0.25) is 4.79 Å². The lowest BCUT2D eigenvalue weighted by Gasteiger charge is -2.33. The van der Waals surface area contributed by atoms with Crippen LogP contribution < -0.4 is 9.46 Å². The van der Waals surface area contributed by atoms with E-state index >= 15 is 0 Å². The zero-order valence-corrected chi connectivity index (χ0v) is 18.9. The van der Waals surface area contributed by atoms with Gasteiger partial charge in [0.15, 0.2) is 6.61 Å². The second-order valence-electron chi connectivity index (χ2n) is 8.66. The van der Waals surface area contributed by atoms with Crippen molar-refractivity contribution in [1.82, 2.24) is 4.90 Å². The summed E-state index contributed by atoms with van der Waals surface area (Å²) in [6.45, 7) is 4.64. The van der Waals surface area contributed by atoms with Crippen molar-refractivity contribution in [3.63, 3.8) is 0 Å². The highest BCUT2D eigenvalue weighted by Crippen LogP contribution is 2.38. The molecule has 0 saturated heterocycles. The lowest BCUT2D eigenvalue weighted by Crippen LogP contribution is -2.41. The van der Waals surface area contributed by atoms with Crippen molar-refractivity contribution in [2.75, 3.05) is 11.3 Å². The van der Waals surface area contributed by atoms with Gasteiger partial charge >= 0.3 is 0 Å². The van der Waals surface area contributed by atoms with Crippen LogP contribution in [0.1, 0.15) is 63.0 Å². The molecule has 1 saturated carbocycles. The molecule has 2 aliphatic rings. The fourth-order valence-corrected chi connectivity index (χ4v) is 5.04. The third-order valence-corrected chi connectivity index (χ3v) is 6.99. The normalized spacial score (nSPS) is 17.3. The first-order valence-corrected chi connectivity index (χ1v) is 11.8. The average Bonchev–Trinajstić information content (AvgIpc) is 2.92. The summed E-state index contributed by atoms with van der Waals surface area (Å²) in [5, 5.41) is 20.2. The first-order valence-electron chi connectivity index (χ1n) is 11.0. The maximum absolute atomic E-state index is 12.7. The van der Waals surface area contributed by atoms with Crippen molar-refractivity contribution >= 4 is 23.5 Å². The van der Waals surface area contributed by atoms with Crippen LogP contribution in [-0.4, -0.2) is 33.7 Å². The minimum atomic E-state index is 0.0270. The molecule has 1 amide bonds. The zero-order valence-electron chi connectivity index (χ0n) is 18.1. The van der Waals surface area contributed by atoms with Crippen molar-refractivity contribution in [1.29, 1.82) is 0 Å². The van der Waals surface area contributed by atoms with E-state index in [-0.39, 0.29) is 29.9 Å². The van der Waals surface area contributed by atoms with Crippen LogP contribution in [0.25, 0.3) is 0 Å². The summed E-state index contributed by atoms with van der Waals surface area (Å²) in [6.07, 6.45) is 5.78. The summed E-state index contributed by atoms with van der Waals surface area (Å²) in [4.78, 5) is 15.3.